The summed E-state index contributed by atoms with van der Waals surface area (Å²) in [5, 5.41) is 0.997. The number of hydrogen-bond acceptors (Lipinski definition) is 5. The first-order valence-corrected chi connectivity index (χ1v) is 8.94. The Morgan fingerprint density at radius 2 is 1.88 bits per heavy atom. The second-order valence-corrected chi connectivity index (χ2v) is 7.19. The number of hydrogen-bond donors (Lipinski definition) is 0. The highest BCUT2D eigenvalue weighted by Gasteiger charge is 2.21. The fraction of sp³-hybridized carbons (Fsp3) is 0.300. The number of rotatable bonds is 6. The molecule has 5 heteroatoms. The van der Waals surface area contributed by atoms with Gasteiger partial charge in [-0.2, -0.15) is 0 Å². The van der Waals surface area contributed by atoms with Gasteiger partial charge in [0.05, 0.1) is 28.3 Å². The lowest BCUT2D eigenvalue weighted by Gasteiger charge is -2.09. The fourth-order valence-electron chi connectivity index (χ4n) is 2.21. The van der Waals surface area contributed by atoms with Crippen LogP contribution >= 0.6 is 11.3 Å². The minimum Gasteiger partial charge on any atom is -0.465 e. The van der Waals surface area contributed by atoms with Gasteiger partial charge in [0.2, 0.25) is 0 Å². The molecule has 2 aromatic rings. The van der Waals surface area contributed by atoms with Gasteiger partial charge >= 0.3 is 5.97 Å². The van der Waals surface area contributed by atoms with E-state index in [0.29, 0.717) is 11.5 Å². The lowest BCUT2D eigenvalue weighted by Crippen LogP contribution is -2.10. The third kappa shape index (κ3) is 5.03. The number of benzene rings is 1. The monoisotopic (exact) mass is 356 g/mol. The Morgan fingerprint density at radius 1 is 1.20 bits per heavy atom. The summed E-state index contributed by atoms with van der Waals surface area (Å²) >= 11 is 1.54. The van der Waals surface area contributed by atoms with E-state index < -0.39 is 0 Å². The van der Waals surface area contributed by atoms with Crippen LogP contribution in [-0.4, -0.2) is 37.1 Å². The number of carbonyl (C=O) groups excluding carboxylic acids is 1. The van der Waals surface area contributed by atoms with Gasteiger partial charge < -0.3 is 9.64 Å². The number of nitrogens with zero attached hydrogens (tertiary/aromatic N) is 2. The molecule has 2 rings (SSSR count). The second-order valence-electron chi connectivity index (χ2n) is 6.16. The van der Waals surface area contributed by atoms with E-state index in [9.17, 15) is 4.79 Å². The molecule has 0 aliphatic rings. The zero-order valence-corrected chi connectivity index (χ0v) is 16.1. The number of aromatic nitrogens is 1. The zero-order valence-electron chi connectivity index (χ0n) is 15.3. The van der Waals surface area contributed by atoms with E-state index in [1.807, 2.05) is 61.5 Å². The molecule has 0 aliphatic carbocycles. The smallest absolute Gasteiger partial charge is 0.340 e. The van der Waals surface area contributed by atoms with Crippen LogP contribution in [0.4, 0.5) is 0 Å². The second kappa shape index (κ2) is 8.62. The van der Waals surface area contributed by atoms with Crippen molar-refractivity contribution >= 4 is 35.0 Å². The lowest BCUT2D eigenvalue weighted by atomic mass is 10.1. The SMILES string of the molecule is COC(=O)C(=CN(C)C)c1sc(C(C)C)nc1/C=C/c1ccccc1. The average Bonchev–Trinajstić information content (AvgIpc) is 3.02. The van der Waals surface area contributed by atoms with E-state index in [0.717, 1.165) is 21.1 Å². The van der Waals surface area contributed by atoms with Crippen molar-refractivity contribution in [3.05, 3.63) is 57.7 Å². The predicted molar refractivity (Wildman–Crippen MR) is 105 cm³/mol. The van der Waals surface area contributed by atoms with Crippen LogP contribution in [0.1, 0.15) is 40.9 Å². The summed E-state index contributed by atoms with van der Waals surface area (Å²) in [5.41, 5.74) is 2.39. The zero-order chi connectivity index (χ0) is 18.4. The predicted octanol–water partition coefficient (Wildman–Crippen LogP) is 4.51. The van der Waals surface area contributed by atoms with Crippen LogP contribution in [0.3, 0.4) is 0 Å². The molecule has 0 unspecified atom stereocenters. The molecule has 4 nitrogen and oxygen atoms in total. The first-order valence-electron chi connectivity index (χ1n) is 8.13. The van der Waals surface area contributed by atoms with Gasteiger partial charge in [0, 0.05) is 26.2 Å². The molecule has 0 spiro atoms. The summed E-state index contributed by atoms with van der Waals surface area (Å²) in [6, 6.07) is 10.0. The van der Waals surface area contributed by atoms with Crippen LogP contribution in [0.15, 0.2) is 36.5 Å². The fourth-order valence-corrected chi connectivity index (χ4v) is 3.27. The van der Waals surface area contributed by atoms with Gasteiger partial charge in [-0.05, 0) is 11.6 Å². The topological polar surface area (TPSA) is 42.4 Å². The van der Waals surface area contributed by atoms with Crippen molar-refractivity contribution in [2.24, 2.45) is 0 Å². The molecule has 0 amide bonds. The van der Waals surface area contributed by atoms with E-state index in [4.69, 9.17) is 9.72 Å². The van der Waals surface area contributed by atoms with E-state index >= 15 is 0 Å². The summed E-state index contributed by atoms with van der Waals surface area (Å²) in [5.74, 6) is -0.0668. The molecule has 1 heterocycles. The highest BCUT2D eigenvalue weighted by Crippen LogP contribution is 2.32. The normalized spacial score (nSPS) is 12.0. The maximum absolute atomic E-state index is 12.3. The summed E-state index contributed by atoms with van der Waals surface area (Å²) in [4.78, 5) is 19.7. The summed E-state index contributed by atoms with van der Waals surface area (Å²) < 4.78 is 4.98. The van der Waals surface area contributed by atoms with E-state index in [1.165, 1.54) is 18.4 Å². The first-order chi connectivity index (χ1) is 11.9. The number of carbonyl (C=O) groups is 1. The molecular weight excluding hydrogens is 332 g/mol. The Labute approximate surface area is 153 Å². The minimum absolute atomic E-state index is 0.292. The maximum Gasteiger partial charge on any atom is 0.340 e. The molecular formula is C20H24N2O2S. The van der Waals surface area contributed by atoms with Gasteiger partial charge in [0.15, 0.2) is 0 Å². The average molecular weight is 356 g/mol. The Hall–Kier alpha value is -2.40. The van der Waals surface area contributed by atoms with Gasteiger partial charge in [0.25, 0.3) is 0 Å². The van der Waals surface area contributed by atoms with Gasteiger partial charge in [-0.1, -0.05) is 50.3 Å². The highest BCUT2D eigenvalue weighted by atomic mass is 32.1. The van der Waals surface area contributed by atoms with Crippen LogP contribution in [-0.2, 0) is 9.53 Å². The number of methoxy groups -OCH3 is 1. The van der Waals surface area contributed by atoms with Crippen molar-refractivity contribution in [3.8, 4) is 0 Å². The number of ether oxygens (including phenoxy) is 1. The highest BCUT2D eigenvalue weighted by molar-refractivity contribution is 7.13. The molecule has 1 aromatic carbocycles. The van der Waals surface area contributed by atoms with Crippen molar-refractivity contribution in [1.29, 1.82) is 0 Å². The van der Waals surface area contributed by atoms with Crippen molar-refractivity contribution < 1.29 is 9.53 Å². The molecule has 1 aromatic heterocycles. The molecule has 132 valence electrons. The Bertz CT molecular complexity index is 774. The lowest BCUT2D eigenvalue weighted by molar-refractivity contribution is -0.133. The quantitative estimate of drug-likeness (QED) is 0.564. The molecule has 0 saturated heterocycles. The van der Waals surface area contributed by atoms with E-state index in [1.54, 1.807) is 6.20 Å². The third-order valence-electron chi connectivity index (χ3n) is 3.43. The Morgan fingerprint density at radius 3 is 2.44 bits per heavy atom. The molecule has 0 saturated carbocycles. The maximum atomic E-state index is 12.3. The molecule has 0 fully saturated rings. The minimum atomic E-state index is -0.359. The van der Waals surface area contributed by atoms with Crippen molar-refractivity contribution in [1.82, 2.24) is 9.88 Å². The summed E-state index contributed by atoms with van der Waals surface area (Å²) in [6.45, 7) is 4.20. The van der Waals surface area contributed by atoms with E-state index in [2.05, 4.69) is 13.8 Å². The van der Waals surface area contributed by atoms with Gasteiger partial charge in [-0.25, -0.2) is 9.78 Å². The largest absolute Gasteiger partial charge is 0.465 e. The van der Waals surface area contributed by atoms with Crippen LogP contribution in [0.5, 0.6) is 0 Å². The molecule has 0 bridgehead atoms. The van der Waals surface area contributed by atoms with Gasteiger partial charge in [0.1, 0.15) is 0 Å². The molecule has 0 aliphatic heterocycles. The first kappa shape index (κ1) is 18.9. The standard InChI is InChI=1S/C20H24N2O2S/c1-14(2)19-21-17(12-11-15-9-7-6-8-10-15)18(25-19)16(13-22(3)4)20(23)24-5/h6-14H,1-5H3/b12-11+,16-13?. The molecule has 0 atom stereocenters. The van der Waals surface area contributed by atoms with Crippen LogP contribution < -0.4 is 0 Å². The summed E-state index contributed by atoms with van der Waals surface area (Å²) in [7, 11) is 5.16. The van der Waals surface area contributed by atoms with Crippen molar-refractivity contribution in [3.63, 3.8) is 0 Å². The summed E-state index contributed by atoms with van der Waals surface area (Å²) in [6.07, 6.45) is 5.75. The van der Waals surface area contributed by atoms with Gasteiger partial charge in [-0.15, -0.1) is 11.3 Å². The van der Waals surface area contributed by atoms with Crippen molar-refractivity contribution in [2.75, 3.05) is 21.2 Å². The Balaban J connectivity index is 2.52. The number of thiazole rings is 1. The van der Waals surface area contributed by atoms with Crippen LogP contribution in [0, 0.1) is 0 Å². The molecule has 0 radical (unpaired) electrons. The molecule has 0 N–H and O–H groups in total. The number of esters is 1. The van der Waals surface area contributed by atoms with Crippen LogP contribution in [0.2, 0.25) is 0 Å². The molecule has 25 heavy (non-hydrogen) atoms. The third-order valence-corrected chi connectivity index (χ3v) is 4.84. The van der Waals surface area contributed by atoms with Crippen molar-refractivity contribution in [2.45, 2.75) is 19.8 Å². The van der Waals surface area contributed by atoms with Crippen LogP contribution in [0.25, 0.3) is 17.7 Å². The van der Waals surface area contributed by atoms with Gasteiger partial charge in [-0.3, -0.25) is 0 Å². The van der Waals surface area contributed by atoms with E-state index in [-0.39, 0.29) is 5.97 Å². The Kier molecular flexibility index (Phi) is 6.53.